The lowest BCUT2D eigenvalue weighted by Gasteiger charge is -2.13. The minimum atomic E-state index is -0.283. The van der Waals surface area contributed by atoms with Crippen LogP contribution in [0, 0.1) is 5.92 Å². The van der Waals surface area contributed by atoms with Crippen LogP contribution in [-0.2, 0) is 4.79 Å². The summed E-state index contributed by atoms with van der Waals surface area (Å²) < 4.78 is 5.69. The van der Waals surface area contributed by atoms with Crippen molar-refractivity contribution < 1.29 is 9.21 Å². The topological polar surface area (TPSA) is 81.2 Å². The molecule has 0 saturated carbocycles. The van der Waals surface area contributed by atoms with Crippen molar-refractivity contribution in [1.29, 1.82) is 0 Å². The predicted molar refractivity (Wildman–Crippen MR) is 84.0 cm³/mol. The Balaban J connectivity index is 0.00000220. The van der Waals surface area contributed by atoms with Crippen LogP contribution < -0.4 is 11.1 Å². The number of halogens is 1. The molecule has 6 heteroatoms. The van der Waals surface area contributed by atoms with Gasteiger partial charge in [0.05, 0.1) is 6.20 Å². The average molecular weight is 310 g/mol. The Labute approximate surface area is 130 Å². The van der Waals surface area contributed by atoms with Gasteiger partial charge in [-0.2, -0.15) is 0 Å². The number of carbonyl (C=O) groups is 1. The minimum absolute atomic E-state index is 0. The minimum Gasteiger partial charge on any atom is -0.438 e. The zero-order valence-electron chi connectivity index (χ0n) is 12.1. The molecule has 0 fully saturated rings. The van der Waals surface area contributed by atoms with Crippen LogP contribution in [0.2, 0.25) is 0 Å². The molecule has 21 heavy (non-hydrogen) atoms. The summed E-state index contributed by atoms with van der Waals surface area (Å²) in [7, 11) is 0. The van der Waals surface area contributed by atoms with Crippen LogP contribution in [0.3, 0.4) is 0 Å². The van der Waals surface area contributed by atoms with E-state index >= 15 is 0 Å². The molecule has 5 nitrogen and oxygen atoms in total. The molecule has 1 aromatic carbocycles. The van der Waals surface area contributed by atoms with E-state index in [-0.39, 0.29) is 30.3 Å². The number of nitrogens with one attached hydrogen (secondary N) is 1. The number of nitrogens with two attached hydrogens (primary N) is 1. The largest absolute Gasteiger partial charge is 0.438 e. The molecule has 2 atom stereocenters. The van der Waals surface area contributed by atoms with E-state index in [9.17, 15) is 4.79 Å². The van der Waals surface area contributed by atoms with Gasteiger partial charge in [0.15, 0.2) is 5.76 Å². The highest BCUT2D eigenvalue weighted by Gasteiger charge is 2.18. The summed E-state index contributed by atoms with van der Waals surface area (Å²) in [5.74, 6) is 0.857. The van der Waals surface area contributed by atoms with Crippen LogP contribution in [0.4, 0.5) is 0 Å². The maximum Gasteiger partial charge on any atom is 0.224 e. The van der Waals surface area contributed by atoms with E-state index in [2.05, 4.69) is 10.3 Å². The Morgan fingerprint density at radius 1 is 1.33 bits per heavy atom. The van der Waals surface area contributed by atoms with E-state index in [4.69, 9.17) is 10.2 Å². The SMILES string of the molecule is CC(CN)C(=O)NC(C)c1ncc(-c2ccccc2)o1.Cl. The maximum atomic E-state index is 11.8. The first-order chi connectivity index (χ1) is 9.61. The summed E-state index contributed by atoms with van der Waals surface area (Å²) in [5, 5.41) is 2.84. The lowest BCUT2D eigenvalue weighted by molar-refractivity contribution is -0.125. The molecule has 0 aliphatic carbocycles. The van der Waals surface area contributed by atoms with Crippen LogP contribution in [0.25, 0.3) is 11.3 Å². The zero-order valence-corrected chi connectivity index (χ0v) is 12.9. The first-order valence-electron chi connectivity index (χ1n) is 6.63. The van der Waals surface area contributed by atoms with E-state index in [0.29, 0.717) is 18.2 Å². The molecule has 0 bridgehead atoms. The van der Waals surface area contributed by atoms with Crippen LogP contribution in [0.1, 0.15) is 25.8 Å². The molecule has 3 N–H and O–H groups in total. The lowest BCUT2D eigenvalue weighted by Crippen LogP contribution is -2.35. The van der Waals surface area contributed by atoms with Gasteiger partial charge in [-0.3, -0.25) is 4.79 Å². The average Bonchev–Trinajstić information content (AvgIpc) is 2.97. The Morgan fingerprint density at radius 2 is 2.00 bits per heavy atom. The van der Waals surface area contributed by atoms with Crippen LogP contribution in [0.5, 0.6) is 0 Å². The fourth-order valence-electron chi connectivity index (χ4n) is 1.75. The number of benzene rings is 1. The number of hydrogen-bond donors (Lipinski definition) is 2. The molecule has 2 aromatic rings. The van der Waals surface area contributed by atoms with Crippen LogP contribution in [-0.4, -0.2) is 17.4 Å². The van der Waals surface area contributed by atoms with Gasteiger partial charge in [-0.25, -0.2) is 4.98 Å². The van der Waals surface area contributed by atoms with Crippen molar-refractivity contribution in [2.24, 2.45) is 11.7 Å². The fraction of sp³-hybridized carbons (Fsp3) is 0.333. The van der Waals surface area contributed by atoms with Crippen LogP contribution >= 0.6 is 12.4 Å². The third-order valence-corrected chi connectivity index (χ3v) is 3.11. The van der Waals surface area contributed by atoms with E-state index in [0.717, 1.165) is 5.56 Å². The molecule has 1 heterocycles. The number of nitrogens with zero attached hydrogens (tertiary/aromatic N) is 1. The van der Waals surface area contributed by atoms with E-state index in [1.807, 2.05) is 37.3 Å². The molecule has 114 valence electrons. The summed E-state index contributed by atoms with van der Waals surface area (Å²) >= 11 is 0. The third-order valence-electron chi connectivity index (χ3n) is 3.11. The fourth-order valence-corrected chi connectivity index (χ4v) is 1.75. The Kier molecular flexibility index (Phi) is 6.39. The first kappa shape index (κ1) is 17.2. The number of oxazole rings is 1. The normalized spacial score (nSPS) is 13.1. The standard InChI is InChI=1S/C15H19N3O2.ClH/c1-10(8-16)14(19)18-11(2)15-17-9-13(20-15)12-6-4-3-5-7-12;/h3-7,9-11H,8,16H2,1-2H3,(H,18,19);1H. The molecule has 1 amide bonds. The zero-order chi connectivity index (χ0) is 14.5. The Bertz CT molecular complexity index is 571. The highest BCUT2D eigenvalue weighted by molar-refractivity contribution is 5.85. The number of rotatable bonds is 5. The van der Waals surface area contributed by atoms with Gasteiger partial charge < -0.3 is 15.5 Å². The molecule has 0 aliphatic rings. The second-order valence-corrected chi connectivity index (χ2v) is 4.80. The third kappa shape index (κ3) is 4.31. The van der Waals surface area contributed by atoms with Gasteiger partial charge in [-0.1, -0.05) is 37.3 Å². The summed E-state index contributed by atoms with van der Waals surface area (Å²) in [6.45, 7) is 3.94. The maximum absolute atomic E-state index is 11.8. The van der Waals surface area contributed by atoms with Gasteiger partial charge >= 0.3 is 0 Å². The molecule has 0 aliphatic heterocycles. The van der Waals surface area contributed by atoms with Crippen molar-refractivity contribution in [1.82, 2.24) is 10.3 Å². The van der Waals surface area contributed by atoms with Crippen molar-refractivity contribution in [3.8, 4) is 11.3 Å². The molecule has 2 rings (SSSR count). The summed E-state index contributed by atoms with van der Waals surface area (Å²) in [6.07, 6.45) is 1.67. The smallest absolute Gasteiger partial charge is 0.224 e. The van der Waals surface area contributed by atoms with Crippen molar-refractivity contribution in [3.63, 3.8) is 0 Å². The number of carbonyl (C=O) groups excluding carboxylic acids is 1. The van der Waals surface area contributed by atoms with Gasteiger partial charge in [0.1, 0.15) is 6.04 Å². The van der Waals surface area contributed by atoms with E-state index in [1.165, 1.54) is 0 Å². The van der Waals surface area contributed by atoms with Crippen molar-refractivity contribution in [2.45, 2.75) is 19.9 Å². The molecule has 0 radical (unpaired) electrons. The van der Waals surface area contributed by atoms with Gasteiger partial charge in [0.25, 0.3) is 0 Å². The van der Waals surface area contributed by atoms with Gasteiger partial charge in [0, 0.05) is 18.0 Å². The number of hydrogen-bond acceptors (Lipinski definition) is 4. The number of amides is 1. The highest BCUT2D eigenvalue weighted by atomic mass is 35.5. The van der Waals surface area contributed by atoms with Gasteiger partial charge in [-0.15, -0.1) is 12.4 Å². The predicted octanol–water partition coefficient (Wildman–Crippen LogP) is 2.54. The Morgan fingerprint density at radius 3 is 2.62 bits per heavy atom. The monoisotopic (exact) mass is 309 g/mol. The summed E-state index contributed by atoms with van der Waals surface area (Å²) in [6, 6.07) is 9.43. The Hall–Kier alpha value is -1.85. The molecule has 0 saturated heterocycles. The molecule has 1 aromatic heterocycles. The molecule has 2 unspecified atom stereocenters. The summed E-state index contributed by atoms with van der Waals surface area (Å²) in [4.78, 5) is 16.0. The number of aromatic nitrogens is 1. The molecule has 0 spiro atoms. The van der Waals surface area contributed by atoms with E-state index < -0.39 is 0 Å². The lowest BCUT2D eigenvalue weighted by atomic mass is 10.1. The quantitative estimate of drug-likeness (QED) is 0.889. The molecular formula is C15H20ClN3O2. The van der Waals surface area contributed by atoms with Crippen LogP contribution in [0.15, 0.2) is 40.9 Å². The van der Waals surface area contributed by atoms with Crippen molar-refractivity contribution in [3.05, 3.63) is 42.4 Å². The summed E-state index contributed by atoms with van der Waals surface area (Å²) in [5.41, 5.74) is 6.43. The van der Waals surface area contributed by atoms with Gasteiger partial charge in [-0.05, 0) is 6.92 Å². The molecular weight excluding hydrogens is 290 g/mol. The van der Waals surface area contributed by atoms with Crippen molar-refractivity contribution >= 4 is 18.3 Å². The second-order valence-electron chi connectivity index (χ2n) is 4.80. The van der Waals surface area contributed by atoms with Gasteiger partial charge in [0.2, 0.25) is 11.8 Å². The second kappa shape index (κ2) is 7.81. The highest BCUT2D eigenvalue weighted by Crippen LogP contribution is 2.22. The van der Waals surface area contributed by atoms with Crippen molar-refractivity contribution in [2.75, 3.05) is 6.54 Å². The first-order valence-corrected chi connectivity index (χ1v) is 6.63. The van der Waals surface area contributed by atoms with E-state index in [1.54, 1.807) is 13.1 Å².